The molecule has 1 N–H and O–H groups in total. The van der Waals surface area contributed by atoms with Crippen LogP contribution in [0.3, 0.4) is 0 Å². The van der Waals surface area contributed by atoms with Crippen molar-refractivity contribution in [3.8, 4) is 11.5 Å². The highest BCUT2D eigenvalue weighted by molar-refractivity contribution is 5.55. The van der Waals surface area contributed by atoms with Gasteiger partial charge in [-0.3, -0.25) is 10.1 Å². The Kier molecular flexibility index (Phi) is 3.85. The first kappa shape index (κ1) is 14.2. The Hall–Kier alpha value is -2.21. The number of aromatic nitrogens is 1. The molecule has 0 fully saturated rings. The number of oxazole rings is 1. The number of nitrogens with zero attached hydrogens (tertiary/aromatic N) is 2. The van der Waals surface area contributed by atoms with Crippen LogP contribution in [0, 0.1) is 10.1 Å². The second kappa shape index (κ2) is 5.42. The van der Waals surface area contributed by atoms with Crippen LogP contribution in [0.15, 0.2) is 34.9 Å². The zero-order chi connectivity index (χ0) is 14.8. The van der Waals surface area contributed by atoms with Crippen molar-refractivity contribution in [3.63, 3.8) is 0 Å². The third-order valence-electron chi connectivity index (χ3n) is 2.68. The summed E-state index contributed by atoms with van der Waals surface area (Å²) >= 11 is 0. The smallest absolute Gasteiger partial charge is 0.269 e. The van der Waals surface area contributed by atoms with Crippen molar-refractivity contribution in [2.24, 2.45) is 0 Å². The normalized spacial score (nSPS) is 11.6. The maximum Gasteiger partial charge on any atom is 0.269 e. The monoisotopic (exact) mass is 275 g/mol. The van der Waals surface area contributed by atoms with Gasteiger partial charge in [0.15, 0.2) is 0 Å². The van der Waals surface area contributed by atoms with Gasteiger partial charge in [-0.25, -0.2) is 4.98 Å². The average Bonchev–Trinajstić information content (AvgIpc) is 2.84. The van der Waals surface area contributed by atoms with E-state index in [0.29, 0.717) is 12.4 Å². The van der Waals surface area contributed by atoms with E-state index in [1.807, 2.05) is 0 Å². The Morgan fingerprint density at radius 2 is 1.95 bits per heavy atom. The van der Waals surface area contributed by atoms with Gasteiger partial charge in [0.05, 0.1) is 10.6 Å². The molecular weight excluding hydrogens is 258 g/mol. The van der Waals surface area contributed by atoms with Gasteiger partial charge in [0.2, 0.25) is 5.89 Å². The average molecular weight is 275 g/mol. The first-order valence-corrected chi connectivity index (χ1v) is 6.29. The molecule has 0 aliphatic rings. The number of benzene rings is 1. The SMILES string of the molecule is CC(C)(C)NCc1coc(-c2ccc([N+](=O)[O-])cc2)n1. The molecule has 1 aromatic heterocycles. The highest BCUT2D eigenvalue weighted by Gasteiger charge is 2.12. The lowest BCUT2D eigenvalue weighted by molar-refractivity contribution is -0.384. The van der Waals surface area contributed by atoms with Crippen molar-refractivity contribution in [3.05, 3.63) is 46.3 Å². The Labute approximate surface area is 117 Å². The zero-order valence-electron chi connectivity index (χ0n) is 11.7. The Balaban J connectivity index is 2.10. The molecule has 1 aromatic carbocycles. The van der Waals surface area contributed by atoms with Crippen molar-refractivity contribution in [1.82, 2.24) is 10.3 Å². The van der Waals surface area contributed by atoms with Crippen molar-refractivity contribution < 1.29 is 9.34 Å². The van der Waals surface area contributed by atoms with Crippen LogP contribution in [-0.2, 0) is 6.54 Å². The van der Waals surface area contributed by atoms with Crippen LogP contribution < -0.4 is 5.32 Å². The van der Waals surface area contributed by atoms with Crippen LogP contribution >= 0.6 is 0 Å². The van der Waals surface area contributed by atoms with Gasteiger partial charge in [-0.2, -0.15) is 0 Å². The fourth-order valence-electron chi connectivity index (χ4n) is 1.60. The molecule has 0 atom stereocenters. The summed E-state index contributed by atoms with van der Waals surface area (Å²) in [6, 6.07) is 6.13. The van der Waals surface area contributed by atoms with Crippen LogP contribution in [-0.4, -0.2) is 15.4 Å². The van der Waals surface area contributed by atoms with Gasteiger partial charge in [0.1, 0.15) is 6.26 Å². The van der Waals surface area contributed by atoms with Gasteiger partial charge in [-0.1, -0.05) is 0 Å². The van der Waals surface area contributed by atoms with Gasteiger partial charge >= 0.3 is 0 Å². The molecule has 20 heavy (non-hydrogen) atoms. The second-order valence-electron chi connectivity index (χ2n) is 5.55. The molecule has 0 spiro atoms. The fraction of sp³-hybridized carbons (Fsp3) is 0.357. The van der Waals surface area contributed by atoms with E-state index in [0.717, 1.165) is 11.3 Å². The van der Waals surface area contributed by atoms with Crippen molar-refractivity contribution >= 4 is 5.69 Å². The maximum atomic E-state index is 10.6. The number of nitro benzene ring substituents is 1. The molecule has 0 saturated heterocycles. The number of non-ortho nitro benzene ring substituents is 1. The lowest BCUT2D eigenvalue weighted by atomic mass is 10.1. The fourth-order valence-corrected chi connectivity index (χ4v) is 1.60. The summed E-state index contributed by atoms with van der Waals surface area (Å²) in [5.41, 5.74) is 1.58. The van der Waals surface area contributed by atoms with Crippen molar-refractivity contribution in [1.29, 1.82) is 0 Å². The largest absolute Gasteiger partial charge is 0.444 e. The summed E-state index contributed by atoms with van der Waals surface area (Å²) in [5, 5.41) is 13.9. The molecule has 0 unspecified atom stereocenters. The second-order valence-corrected chi connectivity index (χ2v) is 5.55. The van der Waals surface area contributed by atoms with Gasteiger partial charge in [-0.15, -0.1) is 0 Å². The lowest BCUT2D eigenvalue weighted by Gasteiger charge is -2.19. The van der Waals surface area contributed by atoms with E-state index >= 15 is 0 Å². The Bertz CT molecular complexity index is 597. The minimum Gasteiger partial charge on any atom is -0.444 e. The van der Waals surface area contributed by atoms with Crippen LogP contribution in [0.4, 0.5) is 5.69 Å². The molecular formula is C14H17N3O3. The van der Waals surface area contributed by atoms with Crippen LogP contribution in [0.5, 0.6) is 0 Å². The molecule has 2 rings (SSSR count). The summed E-state index contributed by atoms with van der Waals surface area (Å²) in [6.45, 7) is 6.83. The molecule has 1 heterocycles. The number of rotatable bonds is 4. The predicted octanol–water partition coefficient (Wildman–Crippen LogP) is 3.14. The molecule has 6 heteroatoms. The van der Waals surface area contributed by atoms with Gasteiger partial charge < -0.3 is 9.73 Å². The van der Waals surface area contributed by atoms with E-state index in [2.05, 4.69) is 31.1 Å². The minimum absolute atomic E-state index is 0.00642. The maximum absolute atomic E-state index is 10.6. The van der Waals surface area contributed by atoms with E-state index in [4.69, 9.17) is 4.42 Å². The summed E-state index contributed by atoms with van der Waals surface area (Å²) in [4.78, 5) is 14.5. The van der Waals surface area contributed by atoms with E-state index in [1.165, 1.54) is 12.1 Å². The quantitative estimate of drug-likeness (QED) is 0.684. The summed E-state index contributed by atoms with van der Waals surface area (Å²) in [6.07, 6.45) is 1.59. The molecule has 2 aromatic rings. The van der Waals surface area contributed by atoms with Gasteiger partial charge in [-0.05, 0) is 32.9 Å². The van der Waals surface area contributed by atoms with Crippen molar-refractivity contribution in [2.45, 2.75) is 32.9 Å². The van der Waals surface area contributed by atoms with Gasteiger partial charge in [0.25, 0.3) is 5.69 Å². The van der Waals surface area contributed by atoms with E-state index in [-0.39, 0.29) is 11.2 Å². The summed E-state index contributed by atoms with van der Waals surface area (Å²) < 4.78 is 5.40. The summed E-state index contributed by atoms with van der Waals surface area (Å²) in [7, 11) is 0. The zero-order valence-corrected chi connectivity index (χ0v) is 11.7. The minimum atomic E-state index is -0.433. The topological polar surface area (TPSA) is 81.2 Å². The van der Waals surface area contributed by atoms with Crippen LogP contribution in [0.1, 0.15) is 26.5 Å². The van der Waals surface area contributed by atoms with Crippen molar-refractivity contribution in [2.75, 3.05) is 0 Å². The number of nitro groups is 1. The van der Waals surface area contributed by atoms with E-state index in [1.54, 1.807) is 18.4 Å². The standard InChI is InChI=1S/C14H17N3O3/c1-14(2,3)15-8-11-9-20-13(16-11)10-4-6-12(7-5-10)17(18)19/h4-7,9,15H,8H2,1-3H3. The molecule has 0 aliphatic carbocycles. The van der Waals surface area contributed by atoms with Crippen LogP contribution in [0.25, 0.3) is 11.5 Å². The summed E-state index contributed by atoms with van der Waals surface area (Å²) in [5.74, 6) is 0.464. The third-order valence-corrected chi connectivity index (χ3v) is 2.68. The van der Waals surface area contributed by atoms with Gasteiger partial charge in [0, 0.05) is 29.8 Å². The molecule has 0 amide bonds. The first-order valence-electron chi connectivity index (χ1n) is 6.29. The first-order chi connectivity index (χ1) is 9.35. The number of nitrogens with one attached hydrogen (secondary N) is 1. The molecule has 6 nitrogen and oxygen atoms in total. The molecule has 0 radical (unpaired) electrons. The Morgan fingerprint density at radius 3 is 2.50 bits per heavy atom. The van der Waals surface area contributed by atoms with E-state index < -0.39 is 4.92 Å². The third kappa shape index (κ3) is 3.64. The Morgan fingerprint density at radius 1 is 1.30 bits per heavy atom. The number of hydrogen-bond donors (Lipinski definition) is 1. The molecule has 0 aliphatic heterocycles. The van der Waals surface area contributed by atoms with E-state index in [9.17, 15) is 10.1 Å². The highest BCUT2D eigenvalue weighted by Crippen LogP contribution is 2.21. The molecule has 0 saturated carbocycles. The molecule has 0 bridgehead atoms. The highest BCUT2D eigenvalue weighted by atomic mass is 16.6. The van der Waals surface area contributed by atoms with Crippen LogP contribution in [0.2, 0.25) is 0 Å². The lowest BCUT2D eigenvalue weighted by Crippen LogP contribution is -2.35. The predicted molar refractivity (Wildman–Crippen MR) is 75.2 cm³/mol. The number of hydrogen-bond acceptors (Lipinski definition) is 5. The molecule has 106 valence electrons.